The van der Waals surface area contributed by atoms with E-state index < -0.39 is 0 Å². The van der Waals surface area contributed by atoms with Gasteiger partial charge in [-0.3, -0.25) is 0 Å². The van der Waals surface area contributed by atoms with Crippen LogP contribution in [0.4, 0.5) is 5.69 Å². The van der Waals surface area contributed by atoms with E-state index in [1.165, 1.54) is 18.4 Å². The Morgan fingerprint density at radius 2 is 2.07 bits per heavy atom. The molecule has 1 fully saturated rings. The number of rotatable bonds is 5. The minimum Gasteiger partial charge on any atom is -0.464 e. The monoisotopic (exact) mass is 383 g/mol. The second kappa shape index (κ2) is 7.94. The van der Waals surface area contributed by atoms with Crippen molar-refractivity contribution in [3.05, 3.63) is 58.2 Å². The summed E-state index contributed by atoms with van der Waals surface area (Å²) in [7, 11) is 1.37. The van der Waals surface area contributed by atoms with Crippen LogP contribution in [0.5, 0.6) is 0 Å². The Morgan fingerprint density at radius 1 is 1.30 bits per heavy atom. The van der Waals surface area contributed by atoms with Crippen LogP contribution in [0.25, 0.3) is 11.3 Å². The number of carbonyl (C=O) groups excluding carboxylic acids is 1. The molecule has 0 amide bonds. The molecule has 0 bridgehead atoms. The van der Waals surface area contributed by atoms with Gasteiger partial charge in [0, 0.05) is 42.3 Å². The van der Waals surface area contributed by atoms with Gasteiger partial charge in [-0.15, -0.1) is 11.3 Å². The van der Waals surface area contributed by atoms with Gasteiger partial charge in [-0.2, -0.15) is 0 Å². The van der Waals surface area contributed by atoms with Gasteiger partial charge in [0.1, 0.15) is 5.69 Å². The third-order valence-corrected chi connectivity index (χ3v) is 5.45. The highest BCUT2D eigenvalue weighted by molar-refractivity contribution is 7.10. The van der Waals surface area contributed by atoms with Gasteiger partial charge >= 0.3 is 5.97 Å². The largest absolute Gasteiger partial charge is 0.464 e. The molecule has 1 N–H and O–H groups in total. The molecule has 27 heavy (non-hydrogen) atoms. The number of ether oxygens (including phenoxy) is 2. The zero-order valence-corrected chi connectivity index (χ0v) is 15.9. The van der Waals surface area contributed by atoms with E-state index in [2.05, 4.69) is 34.1 Å². The number of hydrogen-bond donors (Lipinski definition) is 1. The normalized spacial score (nSPS) is 14.3. The molecule has 0 saturated carbocycles. The summed E-state index contributed by atoms with van der Waals surface area (Å²) in [6, 6.07) is 10.4. The zero-order valence-electron chi connectivity index (χ0n) is 15.1. The highest BCUT2D eigenvalue weighted by Crippen LogP contribution is 2.25. The van der Waals surface area contributed by atoms with Crippen molar-refractivity contribution < 1.29 is 14.3 Å². The number of nitrogens with one attached hydrogen (secondary N) is 1. The molecule has 0 spiro atoms. The molecule has 3 heterocycles. The molecule has 140 valence electrons. The fourth-order valence-electron chi connectivity index (χ4n) is 3.12. The molecule has 1 saturated heterocycles. The predicted molar refractivity (Wildman–Crippen MR) is 106 cm³/mol. The van der Waals surface area contributed by atoms with E-state index in [4.69, 9.17) is 14.5 Å². The Hall–Kier alpha value is -2.64. The molecule has 1 aliphatic rings. The molecule has 7 heteroatoms. The van der Waals surface area contributed by atoms with Crippen molar-refractivity contribution in [3.8, 4) is 11.3 Å². The third kappa shape index (κ3) is 4.04. The van der Waals surface area contributed by atoms with Gasteiger partial charge in [-0.05, 0) is 23.8 Å². The smallest absolute Gasteiger partial charge is 0.354 e. The molecule has 2 aromatic heterocycles. The van der Waals surface area contributed by atoms with Gasteiger partial charge in [-0.1, -0.05) is 12.1 Å². The van der Waals surface area contributed by atoms with E-state index in [-0.39, 0.29) is 5.97 Å². The van der Waals surface area contributed by atoms with Gasteiger partial charge < -0.3 is 19.4 Å². The SMILES string of the molecule is COC(=O)c1cc(-c2csc(Cc3ccc(N4CCOCC4)cc3)n2)c[nH]1. The lowest BCUT2D eigenvalue weighted by Crippen LogP contribution is -2.36. The molecule has 0 atom stereocenters. The molecule has 0 aliphatic carbocycles. The molecule has 1 aliphatic heterocycles. The van der Waals surface area contributed by atoms with Crippen molar-refractivity contribution >= 4 is 23.0 Å². The molecule has 4 rings (SSSR count). The number of morpholine rings is 1. The Morgan fingerprint density at radius 3 is 2.81 bits per heavy atom. The summed E-state index contributed by atoms with van der Waals surface area (Å²) in [5, 5.41) is 3.06. The van der Waals surface area contributed by atoms with Gasteiger partial charge in [0.05, 0.1) is 31.0 Å². The van der Waals surface area contributed by atoms with Crippen LogP contribution in [0.1, 0.15) is 21.1 Å². The van der Waals surface area contributed by atoms with E-state index in [0.29, 0.717) is 5.69 Å². The number of nitrogens with zero attached hydrogens (tertiary/aromatic N) is 2. The molecule has 1 aromatic carbocycles. The quantitative estimate of drug-likeness (QED) is 0.685. The highest BCUT2D eigenvalue weighted by atomic mass is 32.1. The van der Waals surface area contributed by atoms with E-state index in [0.717, 1.165) is 49.0 Å². The molecule has 6 nitrogen and oxygen atoms in total. The van der Waals surface area contributed by atoms with Crippen LogP contribution in [-0.2, 0) is 15.9 Å². The molecule has 3 aromatic rings. The Bertz CT molecular complexity index is 911. The molecule has 0 unspecified atom stereocenters. The summed E-state index contributed by atoms with van der Waals surface area (Å²) in [6.45, 7) is 3.47. The first kappa shape index (κ1) is 17.8. The van der Waals surface area contributed by atoms with E-state index in [9.17, 15) is 4.79 Å². The Labute approximate surface area is 161 Å². The number of esters is 1. The minimum absolute atomic E-state index is 0.378. The minimum atomic E-state index is -0.378. The summed E-state index contributed by atoms with van der Waals surface area (Å²) in [5.74, 6) is -0.378. The summed E-state index contributed by atoms with van der Waals surface area (Å²) >= 11 is 1.63. The van der Waals surface area contributed by atoms with Crippen LogP contribution < -0.4 is 4.90 Å². The van der Waals surface area contributed by atoms with Crippen molar-refractivity contribution in [3.63, 3.8) is 0 Å². The van der Waals surface area contributed by atoms with Crippen LogP contribution >= 0.6 is 11.3 Å². The van der Waals surface area contributed by atoms with Crippen LogP contribution in [0, 0.1) is 0 Å². The maximum atomic E-state index is 11.6. The number of methoxy groups -OCH3 is 1. The maximum absolute atomic E-state index is 11.6. The number of hydrogen-bond acceptors (Lipinski definition) is 6. The Kier molecular flexibility index (Phi) is 5.22. The van der Waals surface area contributed by atoms with E-state index in [1.807, 2.05) is 5.38 Å². The number of carbonyl (C=O) groups is 1. The maximum Gasteiger partial charge on any atom is 0.354 e. The number of aromatic nitrogens is 2. The van der Waals surface area contributed by atoms with Crippen molar-refractivity contribution in [2.75, 3.05) is 38.3 Å². The second-order valence-electron chi connectivity index (χ2n) is 6.36. The molecule has 0 radical (unpaired) electrons. The van der Waals surface area contributed by atoms with E-state index >= 15 is 0 Å². The van der Waals surface area contributed by atoms with Crippen molar-refractivity contribution in [2.45, 2.75) is 6.42 Å². The predicted octanol–water partition coefficient (Wildman–Crippen LogP) is 3.35. The number of thiazole rings is 1. The van der Waals surface area contributed by atoms with Crippen LogP contribution in [0.2, 0.25) is 0 Å². The number of aromatic amines is 1. The fourth-order valence-corrected chi connectivity index (χ4v) is 3.95. The second-order valence-corrected chi connectivity index (χ2v) is 7.31. The molecular weight excluding hydrogens is 362 g/mol. The summed E-state index contributed by atoms with van der Waals surface area (Å²) in [6.07, 6.45) is 2.57. The zero-order chi connectivity index (χ0) is 18.6. The summed E-state index contributed by atoms with van der Waals surface area (Å²) in [4.78, 5) is 21.5. The van der Waals surface area contributed by atoms with Crippen molar-refractivity contribution in [1.82, 2.24) is 9.97 Å². The average Bonchev–Trinajstić information content (AvgIpc) is 3.38. The van der Waals surface area contributed by atoms with Crippen LogP contribution in [-0.4, -0.2) is 49.4 Å². The number of H-pyrrole nitrogens is 1. The number of benzene rings is 1. The summed E-state index contributed by atoms with van der Waals surface area (Å²) < 4.78 is 10.1. The fraction of sp³-hybridized carbons (Fsp3) is 0.300. The lowest BCUT2D eigenvalue weighted by atomic mass is 10.1. The standard InChI is InChI=1S/C20H21N3O3S/c1-25-20(24)17-11-15(12-21-17)18-13-27-19(22-18)10-14-2-4-16(5-3-14)23-6-8-26-9-7-23/h2-5,11-13,21H,6-10H2,1H3. The third-order valence-electron chi connectivity index (χ3n) is 4.60. The Balaban J connectivity index is 1.43. The van der Waals surface area contributed by atoms with Gasteiger partial charge in [0.2, 0.25) is 0 Å². The van der Waals surface area contributed by atoms with Gasteiger partial charge in [0.15, 0.2) is 0 Å². The number of anilines is 1. The van der Waals surface area contributed by atoms with Gasteiger partial charge in [-0.25, -0.2) is 9.78 Å². The van der Waals surface area contributed by atoms with Crippen LogP contribution in [0.3, 0.4) is 0 Å². The van der Waals surface area contributed by atoms with Crippen LogP contribution in [0.15, 0.2) is 41.9 Å². The first-order valence-electron chi connectivity index (χ1n) is 8.86. The lowest BCUT2D eigenvalue weighted by molar-refractivity contribution is 0.0595. The van der Waals surface area contributed by atoms with Crippen molar-refractivity contribution in [1.29, 1.82) is 0 Å². The van der Waals surface area contributed by atoms with E-state index in [1.54, 1.807) is 23.6 Å². The first-order valence-corrected chi connectivity index (χ1v) is 9.74. The summed E-state index contributed by atoms with van der Waals surface area (Å²) in [5.41, 5.74) is 4.66. The van der Waals surface area contributed by atoms with Gasteiger partial charge in [0.25, 0.3) is 0 Å². The molecular formula is C20H21N3O3S. The topological polar surface area (TPSA) is 67.4 Å². The average molecular weight is 383 g/mol. The lowest BCUT2D eigenvalue weighted by Gasteiger charge is -2.28. The van der Waals surface area contributed by atoms with Crippen molar-refractivity contribution in [2.24, 2.45) is 0 Å². The highest BCUT2D eigenvalue weighted by Gasteiger charge is 2.13. The first-order chi connectivity index (χ1) is 13.2.